The van der Waals surface area contributed by atoms with Crippen LogP contribution in [0.4, 0.5) is 10.1 Å². The maximum Gasteiger partial charge on any atom is 0.128 e. The van der Waals surface area contributed by atoms with Crippen molar-refractivity contribution in [3.63, 3.8) is 0 Å². The lowest BCUT2D eigenvalue weighted by Crippen LogP contribution is -2.26. The minimum absolute atomic E-state index is 0.136. The Morgan fingerprint density at radius 3 is 2.65 bits per heavy atom. The largest absolute Gasteiger partial charge is 0.372 e. The molecule has 0 radical (unpaired) electrons. The average molecular weight is 238 g/mol. The van der Waals surface area contributed by atoms with Gasteiger partial charge in [0.05, 0.1) is 0 Å². The van der Waals surface area contributed by atoms with Crippen LogP contribution in [0.5, 0.6) is 0 Å². The molecular formula is C14H23FN2. The van der Waals surface area contributed by atoms with E-state index in [4.69, 9.17) is 5.73 Å². The summed E-state index contributed by atoms with van der Waals surface area (Å²) in [6, 6.07) is 5.29. The maximum absolute atomic E-state index is 13.8. The molecule has 0 unspecified atom stereocenters. The molecule has 0 heterocycles. The number of nitrogens with two attached hydrogens (primary N) is 1. The first kappa shape index (κ1) is 14.0. The quantitative estimate of drug-likeness (QED) is 0.791. The highest BCUT2D eigenvalue weighted by molar-refractivity contribution is 5.54. The van der Waals surface area contributed by atoms with E-state index in [1.165, 1.54) is 6.07 Å². The van der Waals surface area contributed by atoms with Crippen LogP contribution in [0.1, 0.15) is 32.3 Å². The van der Waals surface area contributed by atoms with Crippen molar-refractivity contribution in [2.45, 2.75) is 33.1 Å². The number of rotatable bonds is 7. The summed E-state index contributed by atoms with van der Waals surface area (Å²) >= 11 is 0. The average Bonchev–Trinajstić information content (AvgIpc) is 2.34. The summed E-state index contributed by atoms with van der Waals surface area (Å²) in [5.74, 6) is -0.136. The van der Waals surface area contributed by atoms with E-state index in [1.54, 1.807) is 6.07 Å². The van der Waals surface area contributed by atoms with Gasteiger partial charge >= 0.3 is 0 Å². The van der Waals surface area contributed by atoms with Gasteiger partial charge in [-0.2, -0.15) is 0 Å². The summed E-state index contributed by atoms with van der Waals surface area (Å²) in [6.45, 7) is 6.64. The summed E-state index contributed by atoms with van der Waals surface area (Å²) in [6.07, 6.45) is 2.88. The Labute approximate surface area is 104 Å². The molecule has 0 aromatic heterocycles. The molecule has 2 nitrogen and oxygen atoms in total. The minimum atomic E-state index is -0.136. The van der Waals surface area contributed by atoms with Gasteiger partial charge in [-0.05, 0) is 38.4 Å². The predicted octanol–water partition coefficient (Wildman–Crippen LogP) is 2.95. The fourth-order valence-corrected chi connectivity index (χ4v) is 2.03. The number of anilines is 1. The molecule has 0 saturated heterocycles. The van der Waals surface area contributed by atoms with E-state index in [1.807, 2.05) is 6.07 Å². The van der Waals surface area contributed by atoms with Crippen LogP contribution < -0.4 is 10.6 Å². The minimum Gasteiger partial charge on any atom is -0.372 e. The number of unbranched alkanes of at least 4 members (excludes halogenated alkanes) is 1. The predicted molar refractivity (Wildman–Crippen MR) is 72.0 cm³/mol. The van der Waals surface area contributed by atoms with Crippen molar-refractivity contribution in [3.05, 3.63) is 29.6 Å². The van der Waals surface area contributed by atoms with Gasteiger partial charge in [0.15, 0.2) is 0 Å². The molecule has 1 rings (SSSR count). The third-order valence-corrected chi connectivity index (χ3v) is 2.99. The summed E-state index contributed by atoms with van der Waals surface area (Å²) in [5.41, 5.74) is 7.32. The zero-order valence-electron chi connectivity index (χ0n) is 10.9. The van der Waals surface area contributed by atoms with Gasteiger partial charge in [-0.15, -0.1) is 0 Å². The van der Waals surface area contributed by atoms with Gasteiger partial charge in [0, 0.05) is 24.3 Å². The molecule has 0 fully saturated rings. The Hall–Kier alpha value is -1.09. The van der Waals surface area contributed by atoms with Crippen molar-refractivity contribution >= 4 is 5.69 Å². The molecule has 1 aromatic rings. The van der Waals surface area contributed by atoms with E-state index in [9.17, 15) is 4.39 Å². The monoisotopic (exact) mass is 238 g/mol. The molecule has 0 bridgehead atoms. The molecule has 0 amide bonds. The first-order valence-electron chi connectivity index (χ1n) is 6.47. The van der Waals surface area contributed by atoms with Gasteiger partial charge in [-0.1, -0.05) is 19.4 Å². The second-order valence-corrected chi connectivity index (χ2v) is 4.21. The van der Waals surface area contributed by atoms with Gasteiger partial charge in [-0.25, -0.2) is 4.39 Å². The summed E-state index contributed by atoms with van der Waals surface area (Å²) < 4.78 is 13.8. The summed E-state index contributed by atoms with van der Waals surface area (Å²) in [7, 11) is 0. The lowest BCUT2D eigenvalue weighted by atomic mass is 10.1. The molecule has 0 aliphatic rings. The molecule has 0 atom stereocenters. The topological polar surface area (TPSA) is 29.3 Å². The highest BCUT2D eigenvalue weighted by Gasteiger charge is 2.12. The third-order valence-electron chi connectivity index (χ3n) is 2.99. The molecule has 3 heteroatoms. The number of hydrogen-bond acceptors (Lipinski definition) is 2. The Bertz CT molecular complexity index is 339. The zero-order valence-corrected chi connectivity index (χ0v) is 10.9. The van der Waals surface area contributed by atoms with Crippen LogP contribution in [0.3, 0.4) is 0 Å². The van der Waals surface area contributed by atoms with Gasteiger partial charge in [0.25, 0.3) is 0 Å². The van der Waals surface area contributed by atoms with Crippen molar-refractivity contribution in [2.75, 3.05) is 24.5 Å². The van der Waals surface area contributed by atoms with E-state index in [0.717, 1.165) is 37.2 Å². The molecule has 0 aliphatic heterocycles. The van der Waals surface area contributed by atoms with Crippen LogP contribution in [0.2, 0.25) is 0 Å². The first-order chi connectivity index (χ1) is 8.24. The third kappa shape index (κ3) is 3.70. The fraction of sp³-hybridized carbons (Fsp3) is 0.571. The fourth-order valence-electron chi connectivity index (χ4n) is 2.03. The van der Waals surface area contributed by atoms with E-state index >= 15 is 0 Å². The van der Waals surface area contributed by atoms with Crippen LogP contribution in [0.15, 0.2) is 18.2 Å². The van der Waals surface area contributed by atoms with E-state index < -0.39 is 0 Å². The molecular weight excluding hydrogens is 215 g/mol. The SMILES string of the molecule is CCCCN(CC)c1cccc(F)c1CCN. The molecule has 96 valence electrons. The van der Waals surface area contributed by atoms with Gasteiger partial charge in [0.2, 0.25) is 0 Å². The standard InChI is InChI=1S/C14H23FN2/c1-3-5-11-17(4-2)14-8-6-7-13(15)12(14)9-10-16/h6-8H,3-5,9-11,16H2,1-2H3. The van der Waals surface area contributed by atoms with Crippen molar-refractivity contribution in [3.8, 4) is 0 Å². The highest BCUT2D eigenvalue weighted by Crippen LogP contribution is 2.24. The second-order valence-electron chi connectivity index (χ2n) is 4.21. The van der Waals surface area contributed by atoms with Gasteiger partial charge in [-0.3, -0.25) is 0 Å². The molecule has 17 heavy (non-hydrogen) atoms. The van der Waals surface area contributed by atoms with Crippen molar-refractivity contribution in [2.24, 2.45) is 5.73 Å². The summed E-state index contributed by atoms with van der Waals surface area (Å²) in [4.78, 5) is 2.23. The highest BCUT2D eigenvalue weighted by atomic mass is 19.1. The molecule has 0 saturated carbocycles. The van der Waals surface area contributed by atoms with Crippen LogP contribution in [-0.2, 0) is 6.42 Å². The number of halogens is 1. The Balaban J connectivity index is 2.96. The molecule has 0 spiro atoms. The van der Waals surface area contributed by atoms with Crippen LogP contribution in [0.25, 0.3) is 0 Å². The lowest BCUT2D eigenvalue weighted by Gasteiger charge is -2.25. The van der Waals surface area contributed by atoms with Gasteiger partial charge < -0.3 is 10.6 Å². The van der Waals surface area contributed by atoms with Crippen LogP contribution in [0, 0.1) is 5.82 Å². The van der Waals surface area contributed by atoms with E-state index in [2.05, 4.69) is 18.7 Å². The van der Waals surface area contributed by atoms with Crippen LogP contribution in [-0.4, -0.2) is 19.6 Å². The van der Waals surface area contributed by atoms with E-state index in [-0.39, 0.29) is 5.82 Å². The lowest BCUT2D eigenvalue weighted by molar-refractivity contribution is 0.606. The molecule has 1 aromatic carbocycles. The number of nitrogens with zero attached hydrogens (tertiary/aromatic N) is 1. The summed E-state index contributed by atoms with van der Waals surface area (Å²) in [5, 5.41) is 0. The van der Waals surface area contributed by atoms with E-state index in [0.29, 0.717) is 13.0 Å². The Morgan fingerprint density at radius 1 is 1.29 bits per heavy atom. The maximum atomic E-state index is 13.8. The molecule has 2 N–H and O–H groups in total. The van der Waals surface area contributed by atoms with Crippen molar-refractivity contribution in [1.82, 2.24) is 0 Å². The second kappa shape index (κ2) is 7.28. The van der Waals surface area contributed by atoms with Gasteiger partial charge in [0.1, 0.15) is 5.82 Å². The van der Waals surface area contributed by atoms with Crippen molar-refractivity contribution < 1.29 is 4.39 Å². The first-order valence-corrected chi connectivity index (χ1v) is 6.47. The Morgan fingerprint density at radius 2 is 2.06 bits per heavy atom. The smallest absolute Gasteiger partial charge is 0.128 e. The van der Waals surface area contributed by atoms with Crippen LogP contribution >= 0.6 is 0 Å². The zero-order chi connectivity index (χ0) is 12.7. The number of benzene rings is 1. The van der Waals surface area contributed by atoms with Crippen molar-refractivity contribution in [1.29, 1.82) is 0 Å². The molecule has 0 aliphatic carbocycles. The normalized spacial score (nSPS) is 10.6. The Kier molecular flexibility index (Phi) is 5.98. The number of hydrogen-bond donors (Lipinski definition) is 1.